The molecule has 3 aliphatic rings. The Morgan fingerprint density at radius 3 is 2.86 bits per heavy atom. The van der Waals surface area contributed by atoms with Gasteiger partial charge < -0.3 is 24.3 Å². The van der Waals surface area contributed by atoms with Gasteiger partial charge in [-0.05, 0) is 49.4 Å². The van der Waals surface area contributed by atoms with Crippen LogP contribution in [-0.4, -0.2) is 61.2 Å². The highest BCUT2D eigenvalue weighted by Crippen LogP contribution is 2.50. The van der Waals surface area contributed by atoms with Crippen molar-refractivity contribution in [2.75, 3.05) is 31.7 Å². The zero-order valence-corrected chi connectivity index (χ0v) is 18.1. The van der Waals surface area contributed by atoms with Crippen LogP contribution in [-0.2, 0) is 29.3 Å². The minimum atomic E-state index is -1.55. The molecule has 0 aliphatic carbocycles. The maximum absolute atomic E-state index is 13.2. The number of para-hydroxylation sites is 1. The van der Waals surface area contributed by atoms with Crippen molar-refractivity contribution in [2.45, 2.75) is 44.2 Å². The van der Waals surface area contributed by atoms with Gasteiger partial charge in [0.15, 0.2) is 0 Å². The van der Waals surface area contributed by atoms with Crippen molar-refractivity contribution in [3.05, 3.63) is 27.3 Å². The van der Waals surface area contributed by atoms with E-state index in [9.17, 15) is 9.59 Å². The van der Waals surface area contributed by atoms with Crippen LogP contribution in [0.25, 0.3) is 0 Å². The van der Waals surface area contributed by atoms with Crippen LogP contribution in [0.3, 0.4) is 0 Å². The highest BCUT2D eigenvalue weighted by molar-refractivity contribution is 14.1. The molecule has 4 rings (SSSR count). The molecular weight excluding hydrogens is 479 g/mol. The molecule has 1 N–H and O–H groups in total. The fourth-order valence-corrected chi connectivity index (χ4v) is 4.84. The van der Waals surface area contributed by atoms with Crippen molar-refractivity contribution >= 4 is 40.3 Å². The molecule has 28 heavy (non-hydrogen) atoms. The number of anilines is 1. The molecular formula is C19H23IN2O6. The van der Waals surface area contributed by atoms with Gasteiger partial charge in [0.1, 0.15) is 11.8 Å². The summed E-state index contributed by atoms with van der Waals surface area (Å²) in [6.07, 6.45) is -1.31. The number of benzene rings is 1. The molecule has 3 atom stereocenters. The summed E-state index contributed by atoms with van der Waals surface area (Å²) in [7, 11) is 0. The average Bonchev–Trinajstić information content (AvgIpc) is 3.11. The van der Waals surface area contributed by atoms with E-state index in [1.807, 2.05) is 19.1 Å². The summed E-state index contributed by atoms with van der Waals surface area (Å²) in [5.41, 5.74) is -1.12. The molecule has 2 fully saturated rings. The number of nitrogens with zero attached hydrogens (tertiary/aromatic N) is 1. The average molecular weight is 502 g/mol. The van der Waals surface area contributed by atoms with Gasteiger partial charge in [-0.3, -0.25) is 9.69 Å². The molecule has 1 aromatic rings. The van der Waals surface area contributed by atoms with Crippen LogP contribution in [0.1, 0.15) is 26.3 Å². The monoisotopic (exact) mass is 502 g/mol. The Labute approximate surface area is 177 Å². The van der Waals surface area contributed by atoms with Gasteiger partial charge in [-0.15, -0.1) is 0 Å². The van der Waals surface area contributed by atoms with Crippen molar-refractivity contribution in [1.82, 2.24) is 4.90 Å². The Kier molecular flexibility index (Phi) is 5.05. The minimum Gasteiger partial charge on any atom is -0.425 e. The van der Waals surface area contributed by atoms with Gasteiger partial charge in [-0.1, -0.05) is 12.1 Å². The SMILES string of the molecule is CCOCCO[C@@H]1[C@H]2COC(C)(C)N2C(=O)O[C@@]12C(=O)Nc1c(I)cccc12. The van der Waals surface area contributed by atoms with Crippen LogP contribution in [0, 0.1) is 3.57 Å². The van der Waals surface area contributed by atoms with E-state index in [0.717, 1.165) is 3.57 Å². The fraction of sp³-hybridized carbons (Fsp3) is 0.579. The smallest absolute Gasteiger partial charge is 0.413 e. The highest BCUT2D eigenvalue weighted by Gasteiger charge is 2.67. The predicted molar refractivity (Wildman–Crippen MR) is 108 cm³/mol. The summed E-state index contributed by atoms with van der Waals surface area (Å²) in [6.45, 7) is 6.99. The van der Waals surface area contributed by atoms with Gasteiger partial charge in [-0.25, -0.2) is 4.79 Å². The summed E-state index contributed by atoms with van der Waals surface area (Å²) in [4.78, 5) is 27.7. The van der Waals surface area contributed by atoms with Gasteiger partial charge >= 0.3 is 6.09 Å². The molecule has 3 heterocycles. The maximum atomic E-state index is 13.2. The number of amides is 2. The Hall–Kier alpha value is -1.43. The molecule has 1 spiro atoms. The van der Waals surface area contributed by atoms with E-state index >= 15 is 0 Å². The van der Waals surface area contributed by atoms with E-state index in [4.69, 9.17) is 18.9 Å². The quantitative estimate of drug-likeness (QED) is 0.492. The lowest BCUT2D eigenvalue weighted by molar-refractivity contribution is -0.190. The molecule has 0 unspecified atom stereocenters. The molecule has 1 aromatic carbocycles. The fourth-order valence-electron chi connectivity index (χ4n) is 4.21. The number of nitrogens with one attached hydrogen (secondary N) is 1. The third-order valence-electron chi connectivity index (χ3n) is 5.43. The first kappa shape index (κ1) is 19.9. The van der Waals surface area contributed by atoms with Crippen LogP contribution in [0.5, 0.6) is 0 Å². The van der Waals surface area contributed by atoms with Gasteiger partial charge in [-0.2, -0.15) is 0 Å². The normalized spacial score (nSPS) is 30.2. The standard InChI is InChI=1S/C19H23IN2O6/c1-4-25-8-9-26-15-13-10-27-18(2,3)22(13)17(24)28-19(15)11-6-5-7-12(20)14(11)21-16(19)23/h5-7,13,15H,4,8-10H2,1-3H3,(H,21,23)/t13-,15-,19-/m1/s1. The lowest BCUT2D eigenvalue weighted by atomic mass is 9.83. The summed E-state index contributed by atoms with van der Waals surface area (Å²) < 4.78 is 24.1. The molecule has 9 heteroatoms. The Bertz CT molecular complexity index is 816. The van der Waals surface area contributed by atoms with Gasteiger partial charge in [0.05, 0.1) is 31.5 Å². The Morgan fingerprint density at radius 2 is 2.11 bits per heavy atom. The van der Waals surface area contributed by atoms with Crippen molar-refractivity contribution in [1.29, 1.82) is 0 Å². The van der Waals surface area contributed by atoms with E-state index in [1.165, 1.54) is 4.90 Å². The molecule has 152 valence electrons. The number of hydrogen-bond acceptors (Lipinski definition) is 6. The molecule has 2 saturated heterocycles. The number of halogens is 1. The van der Waals surface area contributed by atoms with Crippen LogP contribution >= 0.6 is 22.6 Å². The van der Waals surface area contributed by atoms with Crippen LogP contribution < -0.4 is 5.32 Å². The predicted octanol–water partition coefficient (Wildman–Crippen LogP) is 2.45. The van der Waals surface area contributed by atoms with Gasteiger partial charge in [0.25, 0.3) is 5.91 Å². The number of carbonyl (C=O) groups excluding carboxylic acids is 2. The minimum absolute atomic E-state index is 0.260. The number of hydrogen-bond donors (Lipinski definition) is 1. The van der Waals surface area contributed by atoms with Crippen molar-refractivity contribution in [3.63, 3.8) is 0 Å². The largest absolute Gasteiger partial charge is 0.425 e. The molecule has 0 bridgehead atoms. The first-order valence-corrected chi connectivity index (χ1v) is 10.4. The number of rotatable bonds is 5. The maximum Gasteiger partial charge on any atom is 0.413 e. The Balaban J connectivity index is 1.78. The van der Waals surface area contributed by atoms with E-state index in [2.05, 4.69) is 27.9 Å². The molecule has 0 aromatic heterocycles. The molecule has 0 radical (unpaired) electrons. The Morgan fingerprint density at radius 1 is 1.32 bits per heavy atom. The molecule has 8 nitrogen and oxygen atoms in total. The van der Waals surface area contributed by atoms with Crippen molar-refractivity contribution in [2.24, 2.45) is 0 Å². The third-order valence-corrected chi connectivity index (χ3v) is 6.33. The molecule has 3 aliphatic heterocycles. The topological polar surface area (TPSA) is 86.3 Å². The second-order valence-corrected chi connectivity index (χ2v) is 8.57. The first-order valence-electron chi connectivity index (χ1n) is 9.29. The number of fused-ring (bicyclic) bond motifs is 3. The van der Waals surface area contributed by atoms with Crippen molar-refractivity contribution in [3.8, 4) is 0 Å². The second kappa shape index (κ2) is 7.12. The summed E-state index contributed by atoms with van der Waals surface area (Å²) in [5, 5.41) is 2.88. The highest BCUT2D eigenvalue weighted by atomic mass is 127. The van der Waals surface area contributed by atoms with Crippen LogP contribution in [0.2, 0.25) is 0 Å². The van der Waals surface area contributed by atoms with E-state index < -0.39 is 35.5 Å². The summed E-state index contributed by atoms with van der Waals surface area (Å²) in [5.74, 6) is -0.397. The second-order valence-electron chi connectivity index (χ2n) is 7.40. The zero-order valence-electron chi connectivity index (χ0n) is 16.0. The summed E-state index contributed by atoms with van der Waals surface area (Å²) >= 11 is 2.15. The van der Waals surface area contributed by atoms with E-state index in [-0.39, 0.29) is 13.2 Å². The lowest BCUT2D eigenvalue weighted by Gasteiger charge is -2.47. The summed E-state index contributed by atoms with van der Waals surface area (Å²) in [6, 6.07) is 5.09. The number of carbonyl (C=O) groups is 2. The van der Waals surface area contributed by atoms with Gasteiger partial charge in [0.2, 0.25) is 5.60 Å². The molecule has 2 amide bonds. The van der Waals surface area contributed by atoms with Gasteiger partial charge in [0, 0.05) is 15.7 Å². The van der Waals surface area contributed by atoms with E-state index in [1.54, 1.807) is 19.9 Å². The number of ether oxygens (including phenoxy) is 4. The lowest BCUT2D eigenvalue weighted by Crippen LogP contribution is -2.67. The zero-order chi connectivity index (χ0) is 20.1. The molecule has 0 saturated carbocycles. The van der Waals surface area contributed by atoms with E-state index in [0.29, 0.717) is 24.5 Å². The first-order chi connectivity index (χ1) is 13.3. The van der Waals surface area contributed by atoms with Crippen molar-refractivity contribution < 1.29 is 28.5 Å². The van der Waals surface area contributed by atoms with Crippen LogP contribution in [0.15, 0.2) is 18.2 Å². The van der Waals surface area contributed by atoms with Crippen LogP contribution in [0.4, 0.5) is 10.5 Å². The third kappa shape index (κ3) is 2.82.